The van der Waals surface area contributed by atoms with Gasteiger partial charge in [0.2, 0.25) is 11.7 Å². The quantitative estimate of drug-likeness (QED) is 0.746. The summed E-state index contributed by atoms with van der Waals surface area (Å²) in [6.45, 7) is 1.93. The lowest BCUT2D eigenvalue weighted by Gasteiger charge is -2.08. The van der Waals surface area contributed by atoms with Gasteiger partial charge in [0.15, 0.2) is 6.61 Å². The summed E-state index contributed by atoms with van der Waals surface area (Å²) in [6.07, 6.45) is 0. The summed E-state index contributed by atoms with van der Waals surface area (Å²) in [6, 6.07) is 13.0. The minimum atomic E-state index is -0.308. The van der Waals surface area contributed by atoms with E-state index in [2.05, 4.69) is 15.5 Å². The van der Waals surface area contributed by atoms with Gasteiger partial charge in [0.25, 0.3) is 5.91 Å². The van der Waals surface area contributed by atoms with E-state index < -0.39 is 0 Å². The molecule has 0 aliphatic rings. The molecule has 0 radical (unpaired) electrons. The number of amides is 1. The fraction of sp³-hybridized carbons (Fsp3) is 0.167. The van der Waals surface area contributed by atoms with Crippen LogP contribution in [-0.4, -0.2) is 22.7 Å². The third-order valence-electron chi connectivity index (χ3n) is 3.41. The molecule has 1 amide bonds. The maximum absolute atomic E-state index is 12.8. The summed E-state index contributed by atoms with van der Waals surface area (Å²) in [5, 5.41) is 6.54. The van der Waals surface area contributed by atoms with Gasteiger partial charge in [-0.2, -0.15) is 4.98 Å². The monoisotopic (exact) mass is 341 g/mol. The Labute approximate surface area is 143 Å². The van der Waals surface area contributed by atoms with Crippen LogP contribution in [0.3, 0.4) is 0 Å². The number of halogens is 1. The number of carbonyl (C=O) groups is 1. The number of benzene rings is 2. The number of hydrogen-bond acceptors (Lipinski definition) is 5. The smallest absolute Gasteiger partial charge is 0.258 e. The van der Waals surface area contributed by atoms with Crippen LogP contribution in [-0.2, 0) is 11.3 Å². The Morgan fingerprint density at radius 3 is 2.52 bits per heavy atom. The Bertz CT molecular complexity index is 845. The number of nitrogens with zero attached hydrogens (tertiary/aromatic N) is 2. The molecule has 7 heteroatoms. The molecule has 0 saturated carbocycles. The van der Waals surface area contributed by atoms with Gasteiger partial charge in [-0.15, -0.1) is 0 Å². The highest BCUT2D eigenvalue weighted by molar-refractivity contribution is 5.77. The highest BCUT2D eigenvalue weighted by atomic mass is 19.1. The normalized spacial score (nSPS) is 10.5. The number of hydrogen-bond donors (Lipinski definition) is 1. The number of aromatic nitrogens is 2. The Kier molecular flexibility index (Phi) is 5.03. The Morgan fingerprint density at radius 2 is 1.88 bits per heavy atom. The molecule has 0 atom stereocenters. The van der Waals surface area contributed by atoms with Crippen LogP contribution < -0.4 is 10.1 Å². The van der Waals surface area contributed by atoms with E-state index in [1.807, 2.05) is 0 Å². The molecule has 3 aromatic rings. The third kappa shape index (κ3) is 4.63. The molecular formula is C18H16FN3O3. The highest BCUT2D eigenvalue weighted by Gasteiger charge is 2.07. The predicted molar refractivity (Wildman–Crippen MR) is 88.2 cm³/mol. The molecule has 0 aliphatic carbocycles. The molecule has 0 spiro atoms. The zero-order valence-electron chi connectivity index (χ0n) is 13.5. The maximum atomic E-state index is 12.8. The number of rotatable bonds is 6. The average Bonchev–Trinajstić information content (AvgIpc) is 3.06. The van der Waals surface area contributed by atoms with Crippen molar-refractivity contribution >= 4 is 5.91 Å². The second-order valence-corrected chi connectivity index (χ2v) is 5.35. The Balaban J connectivity index is 1.47. The summed E-state index contributed by atoms with van der Waals surface area (Å²) in [4.78, 5) is 15.9. The van der Waals surface area contributed by atoms with E-state index in [9.17, 15) is 9.18 Å². The molecule has 0 bridgehead atoms. The zero-order valence-corrected chi connectivity index (χ0v) is 13.5. The number of nitrogens with one attached hydrogen (secondary N) is 1. The average molecular weight is 341 g/mol. The fourth-order valence-corrected chi connectivity index (χ4v) is 2.12. The van der Waals surface area contributed by atoms with E-state index >= 15 is 0 Å². The Morgan fingerprint density at radius 1 is 1.16 bits per heavy atom. The molecule has 1 aromatic heterocycles. The molecule has 2 aromatic carbocycles. The van der Waals surface area contributed by atoms with E-state index in [4.69, 9.17) is 9.26 Å². The van der Waals surface area contributed by atoms with Crippen molar-refractivity contribution in [2.45, 2.75) is 13.5 Å². The number of ether oxygens (including phenoxy) is 1. The van der Waals surface area contributed by atoms with Crippen molar-refractivity contribution in [3.63, 3.8) is 0 Å². The van der Waals surface area contributed by atoms with Crippen LogP contribution >= 0.6 is 0 Å². The van der Waals surface area contributed by atoms with E-state index in [1.54, 1.807) is 43.3 Å². The summed E-state index contributed by atoms with van der Waals surface area (Å²) in [5.41, 5.74) is 1.61. The van der Waals surface area contributed by atoms with Crippen LogP contribution in [0.2, 0.25) is 0 Å². The van der Waals surface area contributed by atoms with Crippen molar-refractivity contribution in [2.24, 2.45) is 0 Å². The largest absolute Gasteiger partial charge is 0.484 e. The summed E-state index contributed by atoms with van der Waals surface area (Å²) in [7, 11) is 0. The molecule has 128 valence electrons. The van der Waals surface area contributed by atoms with E-state index in [0.717, 1.165) is 11.1 Å². The first kappa shape index (κ1) is 16.6. The van der Waals surface area contributed by atoms with Crippen LogP contribution in [0.4, 0.5) is 4.39 Å². The molecule has 0 fully saturated rings. The Hall–Kier alpha value is -3.22. The molecule has 0 aliphatic heterocycles. The van der Waals surface area contributed by atoms with Crippen LogP contribution in [0.5, 0.6) is 5.75 Å². The predicted octanol–water partition coefficient (Wildman–Crippen LogP) is 2.88. The number of aryl methyl sites for hydroxylation is 1. The second-order valence-electron chi connectivity index (χ2n) is 5.35. The lowest BCUT2D eigenvalue weighted by atomic mass is 10.2. The van der Waals surface area contributed by atoms with Gasteiger partial charge < -0.3 is 14.6 Å². The minimum Gasteiger partial charge on any atom is -0.484 e. The number of carbonyl (C=O) groups excluding carboxylic acids is 1. The first-order chi connectivity index (χ1) is 12.1. The van der Waals surface area contributed by atoms with Crippen molar-refractivity contribution < 1.29 is 18.4 Å². The standard InChI is InChI=1S/C18H16FN3O3/c1-12-21-18(22-25-12)14-4-8-16(9-5-14)24-11-17(23)20-10-13-2-6-15(19)7-3-13/h2-9H,10-11H2,1H3,(H,20,23). The van der Waals surface area contributed by atoms with Gasteiger partial charge >= 0.3 is 0 Å². The molecular weight excluding hydrogens is 325 g/mol. The van der Waals surface area contributed by atoms with Crippen molar-refractivity contribution in [1.29, 1.82) is 0 Å². The van der Waals surface area contributed by atoms with Crippen molar-refractivity contribution in [1.82, 2.24) is 15.5 Å². The van der Waals surface area contributed by atoms with Crippen LogP contribution in [0.25, 0.3) is 11.4 Å². The van der Waals surface area contributed by atoms with E-state index in [-0.39, 0.29) is 18.3 Å². The third-order valence-corrected chi connectivity index (χ3v) is 3.41. The van der Waals surface area contributed by atoms with Gasteiger partial charge in [0, 0.05) is 19.0 Å². The van der Waals surface area contributed by atoms with Crippen LogP contribution in [0.1, 0.15) is 11.5 Å². The van der Waals surface area contributed by atoms with Crippen molar-refractivity contribution in [2.75, 3.05) is 6.61 Å². The first-order valence-corrected chi connectivity index (χ1v) is 7.65. The summed E-state index contributed by atoms with van der Waals surface area (Å²) >= 11 is 0. The summed E-state index contributed by atoms with van der Waals surface area (Å²) in [5.74, 6) is 0.982. The van der Waals surface area contributed by atoms with Gasteiger partial charge in [-0.3, -0.25) is 4.79 Å². The SMILES string of the molecule is Cc1nc(-c2ccc(OCC(=O)NCc3ccc(F)cc3)cc2)no1. The van der Waals surface area contributed by atoms with Crippen LogP contribution in [0, 0.1) is 12.7 Å². The molecule has 3 rings (SSSR count). The van der Waals surface area contributed by atoms with Crippen molar-refractivity contribution in [3.05, 3.63) is 65.8 Å². The zero-order chi connectivity index (χ0) is 17.6. The van der Waals surface area contributed by atoms with Crippen molar-refractivity contribution in [3.8, 4) is 17.1 Å². The maximum Gasteiger partial charge on any atom is 0.258 e. The molecule has 1 N–H and O–H groups in total. The first-order valence-electron chi connectivity index (χ1n) is 7.65. The van der Waals surface area contributed by atoms with E-state index in [0.29, 0.717) is 24.0 Å². The summed E-state index contributed by atoms with van der Waals surface area (Å²) < 4.78 is 23.2. The molecule has 6 nitrogen and oxygen atoms in total. The van der Waals surface area contributed by atoms with Gasteiger partial charge in [-0.25, -0.2) is 4.39 Å². The second kappa shape index (κ2) is 7.57. The topological polar surface area (TPSA) is 77.2 Å². The van der Waals surface area contributed by atoms with Gasteiger partial charge in [0.1, 0.15) is 11.6 Å². The molecule has 1 heterocycles. The lowest BCUT2D eigenvalue weighted by Crippen LogP contribution is -2.28. The van der Waals surface area contributed by atoms with Gasteiger partial charge in [-0.05, 0) is 42.0 Å². The highest BCUT2D eigenvalue weighted by Crippen LogP contribution is 2.19. The van der Waals surface area contributed by atoms with Gasteiger partial charge in [0.05, 0.1) is 0 Å². The fourth-order valence-electron chi connectivity index (χ4n) is 2.12. The molecule has 25 heavy (non-hydrogen) atoms. The molecule has 0 unspecified atom stereocenters. The minimum absolute atomic E-state index is 0.109. The van der Waals surface area contributed by atoms with Crippen LogP contribution in [0.15, 0.2) is 53.1 Å². The van der Waals surface area contributed by atoms with E-state index in [1.165, 1.54) is 12.1 Å². The molecule has 0 saturated heterocycles. The lowest BCUT2D eigenvalue weighted by molar-refractivity contribution is -0.123. The van der Waals surface area contributed by atoms with Gasteiger partial charge in [-0.1, -0.05) is 17.3 Å².